The van der Waals surface area contributed by atoms with Gasteiger partial charge < -0.3 is 11.1 Å². The summed E-state index contributed by atoms with van der Waals surface area (Å²) in [7, 11) is 0. The predicted molar refractivity (Wildman–Crippen MR) is 80.6 cm³/mol. The molecule has 3 N–H and O–H groups in total. The van der Waals surface area contributed by atoms with E-state index in [1.165, 1.54) is 0 Å². The number of carbonyl (C=O) groups is 1. The molecule has 2 rings (SSSR count). The molecule has 0 spiro atoms. The Morgan fingerprint density at radius 2 is 2.15 bits per heavy atom. The smallest absolute Gasteiger partial charge is 0.253 e. The number of anilines is 1. The van der Waals surface area contributed by atoms with Gasteiger partial charge in [0.15, 0.2) is 0 Å². The molecule has 1 amide bonds. The van der Waals surface area contributed by atoms with Crippen molar-refractivity contribution in [3.05, 3.63) is 58.4 Å². The van der Waals surface area contributed by atoms with Gasteiger partial charge in [-0.1, -0.05) is 30.7 Å². The number of hydrogen-bond acceptors (Lipinski definition) is 3. The third-order valence-corrected chi connectivity index (χ3v) is 3.41. The highest BCUT2D eigenvalue weighted by atomic mass is 35.5. The molecule has 1 aromatic carbocycles. The van der Waals surface area contributed by atoms with Gasteiger partial charge in [0.1, 0.15) is 0 Å². The summed E-state index contributed by atoms with van der Waals surface area (Å²) >= 11 is 5.91. The van der Waals surface area contributed by atoms with Crippen molar-refractivity contribution in [1.82, 2.24) is 10.3 Å². The Morgan fingerprint density at radius 3 is 2.90 bits per heavy atom. The summed E-state index contributed by atoms with van der Waals surface area (Å²) in [6.07, 6.45) is 2.59. The molecule has 1 heterocycles. The van der Waals surface area contributed by atoms with Crippen LogP contribution in [0.4, 0.5) is 5.69 Å². The van der Waals surface area contributed by atoms with E-state index in [-0.39, 0.29) is 5.91 Å². The summed E-state index contributed by atoms with van der Waals surface area (Å²) in [5.41, 5.74) is 8.46. The summed E-state index contributed by atoms with van der Waals surface area (Å²) in [6, 6.07) is 8.89. The average molecular weight is 290 g/mol. The van der Waals surface area contributed by atoms with Gasteiger partial charge in [0.25, 0.3) is 5.91 Å². The van der Waals surface area contributed by atoms with Crippen molar-refractivity contribution in [1.29, 1.82) is 0 Å². The van der Waals surface area contributed by atoms with Gasteiger partial charge in [-0.15, -0.1) is 0 Å². The molecule has 0 saturated carbocycles. The van der Waals surface area contributed by atoms with Crippen LogP contribution in [0.1, 0.15) is 28.5 Å². The van der Waals surface area contributed by atoms with Crippen LogP contribution >= 0.6 is 11.6 Å². The first kappa shape index (κ1) is 14.3. The molecule has 2 aromatic rings. The molecule has 4 nitrogen and oxygen atoms in total. The molecule has 0 unspecified atom stereocenters. The molecule has 20 heavy (non-hydrogen) atoms. The number of nitrogens with one attached hydrogen (secondary N) is 1. The number of para-hydroxylation sites is 1. The molecule has 0 aliphatic heterocycles. The zero-order valence-electron chi connectivity index (χ0n) is 11.2. The number of nitrogen functional groups attached to an aromatic ring is 1. The molecule has 0 fully saturated rings. The van der Waals surface area contributed by atoms with Gasteiger partial charge in [-0.3, -0.25) is 9.78 Å². The quantitative estimate of drug-likeness (QED) is 0.851. The first-order chi connectivity index (χ1) is 9.63. The van der Waals surface area contributed by atoms with Gasteiger partial charge in [-0.05, 0) is 30.2 Å². The second-order valence-electron chi connectivity index (χ2n) is 4.35. The highest BCUT2D eigenvalue weighted by molar-refractivity contribution is 6.33. The highest BCUT2D eigenvalue weighted by Crippen LogP contribution is 2.22. The lowest BCUT2D eigenvalue weighted by Crippen LogP contribution is -2.25. The van der Waals surface area contributed by atoms with Gasteiger partial charge in [-0.25, -0.2) is 0 Å². The maximum absolute atomic E-state index is 12.1. The van der Waals surface area contributed by atoms with E-state index in [0.29, 0.717) is 22.8 Å². The minimum atomic E-state index is -0.252. The van der Waals surface area contributed by atoms with E-state index in [1.54, 1.807) is 24.4 Å². The summed E-state index contributed by atoms with van der Waals surface area (Å²) in [5.74, 6) is -0.252. The van der Waals surface area contributed by atoms with E-state index in [1.807, 2.05) is 12.1 Å². The Hall–Kier alpha value is -2.07. The lowest BCUT2D eigenvalue weighted by Gasteiger charge is -2.10. The first-order valence-corrected chi connectivity index (χ1v) is 6.76. The van der Waals surface area contributed by atoms with Gasteiger partial charge in [0.2, 0.25) is 0 Å². The minimum absolute atomic E-state index is 0.252. The fourth-order valence-electron chi connectivity index (χ4n) is 1.95. The number of nitrogens with two attached hydrogens (primary N) is 1. The monoisotopic (exact) mass is 289 g/mol. The Balaban J connectivity index is 2.11. The fraction of sp³-hybridized carbons (Fsp3) is 0.200. The number of halogens is 1. The molecule has 1 aromatic heterocycles. The standard InChI is InChI=1S/C15H16ClN3O/c1-2-10-5-4-8-18-13(10)9-19-15(20)11-6-3-7-12(16)14(11)17/h3-8H,2,9,17H2,1H3,(H,19,20). The fourth-order valence-corrected chi connectivity index (χ4v) is 2.12. The van der Waals surface area contributed by atoms with E-state index >= 15 is 0 Å². The van der Waals surface area contributed by atoms with Crippen LogP contribution in [0.15, 0.2) is 36.5 Å². The average Bonchev–Trinajstić information content (AvgIpc) is 2.48. The molecule has 0 aliphatic rings. The van der Waals surface area contributed by atoms with Gasteiger partial charge >= 0.3 is 0 Å². The molecular weight excluding hydrogens is 274 g/mol. The zero-order chi connectivity index (χ0) is 14.5. The Labute approximate surface area is 123 Å². The first-order valence-electron chi connectivity index (χ1n) is 6.38. The third-order valence-electron chi connectivity index (χ3n) is 3.08. The van der Waals surface area contributed by atoms with Crippen LogP contribution in [0.2, 0.25) is 5.02 Å². The topological polar surface area (TPSA) is 68.0 Å². The third kappa shape index (κ3) is 3.08. The van der Waals surface area contributed by atoms with Crippen LogP contribution in [0.5, 0.6) is 0 Å². The maximum Gasteiger partial charge on any atom is 0.253 e. The molecule has 0 saturated heterocycles. The van der Waals surface area contributed by atoms with Crippen molar-refractivity contribution < 1.29 is 4.79 Å². The number of benzene rings is 1. The van der Waals surface area contributed by atoms with Crippen molar-refractivity contribution >= 4 is 23.2 Å². The molecular formula is C15H16ClN3O. The van der Waals surface area contributed by atoms with Gasteiger partial charge in [-0.2, -0.15) is 0 Å². The molecule has 5 heteroatoms. The number of hydrogen-bond donors (Lipinski definition) is 2. The largest absolute Gasteiger partial charge is 0.397 e. The number of pyridine rings is 1. The number of rotatable bonds is 4. The summed E-state index contributed by atoms with van der Waals surface area (Å²) in [5, 5.41) is 3.20. The van der Waals surface area contributed by atoms with Crippen LogP contribution in [0.25, 0.3) is 0 Å². The van der Waals surface area contributed by atoms with Crippen molar-refractivity contribution in [2.45, 2.75) is 19.9 Å². The van der Waals surface area contributed by atoms with Crippen LogP contribution < -0.4 is 11.1 Å². The van der Waals surface area contributed by atoms with E-state index in [9.17, 15) is 4.79 Å². The van der Waals surface area contributed by atoms with E-state index < -0.39 is 0 Å². The number of carbonyl (C=O) groups excluding carboxylic acids is 1. The lowest BCUT2D eigenvalue weighted by molar-refractivity contribution is 0.0951. The number of aromatic nitrogens is 1. The second kappa shape index (κ2) is 6.39. The summed E-state index contributed by atoms with van der Waals surface area (Å²) in [4.78, 5) is 16.4. The molecule has 0 radical (unpaired) electrons. The van der Waals surface area contributed by atoms with Crippen LogP contribution in [-0.4, -0.2) is 10.9 Å². The maximum atomic E-state index is 12.1. The molecule has 0 aliphatic carbocycles. The summed E-state index contributed by atoms with van der Waals surface area (Å²) in [6.45, 7) is 2.42. The second-order valence-corrected chi connectivity index (χ2v) is 4.75. The Kier molecular flexibility index (Phi) is 4.58. The van der Waals surface area contributed by atoms with Crippen molar-refractivity contribution in [2.24, 2.45) is 0 Å². The lowest BCUT2D eigenvalue weighted by atomic mass is 10.1. The Bertz CT molecular complexity index is 628. The van der Waals surface area contributed by atoms with Crippen LogP contribution in [-0.2, 0) is 13.0 Å². The molecule has 104 valence electrons. The Morgan fingerprint density at radius 1 is 1.35 bits per heavy atom. The van der Waals surface area contributed by atoms with Gasteiger partial charge in [0.05, 0.1) is 28.5 Å². The molecule has 0 atom stereocenters. The van der Waals surface area contributed by atoms with Gasteiger partial charge in [0, 0.05) is 6.20 Å². The number of aryl methyl sites for hydroxylation is 1. The molecule has 0 bridgehead atoms. The van der Waals surface area contributed by atoms with E-state index in [0.717, 1.165) is 17.7 Å². The van der Waals surface area contributed by atoms with Crippen molar-refractivity contribution in [3.63, 3.8) is 0 Å². The van der Waals surface area contributed by atoms with Crippen LogP contribution in [0.3, 0.4) is 0 Å². The number of nitrogens with zero attached hydrogens (tertiary/aromatic N) is 1. The predicted octanol–water partition coefficient (Wildman–Crippen LogP) is 2.81. The van der Waals surface area contributed by atoms with Crippen LogP contribution in [0, 0.1) is 0 Å². The SMILES string of the molecule is CCc1cccnc1CNC(=O)c1cccc(Cl)c1N. The van der Waals surface area contributed by atoms with Crippen molar-refractivity contribution in [2.75, 3.05) is 5.73 Å². The minimum Gasteiger partial charge on any atom is -0.397 e. The van der Waals surface area contributed by atoms with E-state index in [4.69, 9.17) is 17.3 Å². The summed E-state index contributed by atoms with van der Waals surface area (Å²) < 4.78 is 0. The zero-order valence-corrected chi connectivity index (χ0v) is 11.9. The normalized spacial score (nSPS) is 10.3. The van der Waals surface area contributed by atoms with Crippen molar-refractivity contribution in [3.8, 4) is 0 Å². The van der Waals surface area contributed by atoms with E-state index in [2.05, 4.69) is 17.2 Å². The number of amides is 1. The highest BCUT2D eigenvalue weighted by Gasteiger charge is 2.12.